The zero-order chi connectivity index (χ0) is 15.7. The van der Waals surface area contributed by atoms with Crippen LogP contribution in [0.1, 0.15) is 38.7 Å². The van der Waals surface area contributed by atoms with Crippen LogP contribution >= 0.6 is 0 Å². The Morgan fingerprint density at radius 1 is 1.27 bits per heavy atom. The highest BCUT2D eigenvalue weighted by atomic mass is 15.3. The molecule has 22 heavy (non-hydrogen) atoms. The third-order valence-corrected chi connectivity index (χ3v) is 4.92. The van der Waals surface area contributed by atoms with Gasteiger partial charge in [0.15, 0.2) is 0 Å². The Morgan fingerprint density at radius 2 is 2.09 bits per heavy atom. The summed E-state index contributed by atoms with van der Waals surface area (Å²) in [5.41, 5.74) is 2.46. The maximum atomic E-state index is 4.80. The molecule has 120 valence electrons. The van der Waals surface area contributed by atoms with Crippen LogP contribution in [-0.4, -0.2) is 50.9 Å². The Balaban J connectivity index is 1.76. The first-order valence-corrected chi connectivity index (χ1v) is 8.50. The molecule has 2 aromatic heterocycles. The van der Waals surface area contributed by atoms with E-state index in [4.69, 9.17) is 4.98 Å². The largest absolute Gasteiger partial charge is 0.304 e. The van der Waals surface area contributed by atoms with E-state index in [9.17, 15) is 0 Å². The van der Waals surface area contributed by atoms with Crippen molar-refractivity contribution < 1.29 is 0 Å². The van der Waals surface area contributed by atoms with E-state index in [1.54, 1.807) is 0 Å². The second kappa shape index (κ2) is 6.39. The third-order valence-electron chi connectivity index (χ3n) is 4.92. The lowest BCUT2D eigenvalue weighted by Gasteiger charge is -2.43. The zero-order valence-electron chi connectivity index (χ0n) is 14.3. The molecule has 0 saturated carbocycles. The Bertz CT molecular complexity index is 631. The summed E-state index contributed by atoms with van der Waals surface area (Å²) in [6.07, 6.45) is 3.32. The fourth-order valence-electron chi connectivity index (χ4n) is 3.72. The summed E-state index contributed by atoms with van der Waals surface area (Å²) in [4.78, 5) is 10.0. The monoisotopic (exact) mass is 300 g/mol. The second-order valence-electron chi connectivity index (χ2n) is 6.69. The van der Waals surface area contributed by atoms with Crippen molar-refractivity contribution in [1.82, 2.24) is 19.2 Å². The van der Waals surface area contributed by atoms with E-state index in [1.165, 1.54) is 24.2 Å². The third kappa shape index (κ3) is 2.90. The van der Waals surface area contributed by atoms with Crippen molar-refractivity contribution in [1.29, 1.82) is 0 Å². The van der Waals surface area contributed by atoms with Gasteiger partial charge in [0.1, 0.15) is 5.82 Å². The van der Waals surface area contributed by atoms with Gasteiger partial charge in [-0.2, -0.15) is 0 Å². The predicted molar refractivity (Wildman–Crippen MR) is 91.1 cm³/mol. The number of aryl methyl sites for hydroxylation is 1. The quantitative estimate of drug-likeness (QED) is 0.867. The first-order valence-electron chi connectivity index (χ1n) is 8.50. The van der Waals surface area contributed by atoms with Crippen LogP contribution in [0, 0.1) is 6.92 Å². The van der Waals surface area contributed by atoms with Gasteiger partial charge in [0.05, 0.1) is 11.2 Å². The van der Waals surface area contributed by atoms with Crippen molar-refractivity contribution in [2.75, 3.05) is 19.6 Å². The van der Waals surface area contributed by atoms with Crippen molar-refractivity contribution in [2.45, 2.75) is 52.7 Å². The number of nitrogens with zero attached hydrogens (tertiary/aromatic N) is 4. The van der Waals surface area contributed by atoms with Gasteiger partial charge < -0.3 is 4.40 Å². The summed E-state index contributed by atoms with van der Waals surface area (Å²) < 4.78 is 2.19. The van der Waals surface area contributed by atoms with E-state index >= 15 is 0 Å². The summed E-state index contributed by atoms with van der Waals surface area (Å²) >= 11 is 0. The van der Waals surface area contributed by atoms with E-state index in [1.807, 2.05) is 0 Å². The molecule has 1 saturated heterocycles. The molecule has 0 bridgehead atoms. The second-order valence-corrected chi connectivity index (χ2v) is 6.69. The Labute approximate surface area is 133 Å². The topological polar surface area (TPSA) is 23.8 Å². The molecular weight excluding hydrogens is 272 g/mol. The van der Waals surface area contributed by atoms with Gasteiger partial charge in [0.2, 0.25) is 0 Å². The van der Waals surface area contributed by atoms with Crippen LogP contribution < -0.4 is 0 Å². The highest BCUT2D eigenvalue weighted by Gasteiger charge is 2.27. The highest BCUT2D eigenvalue weighted by Crippen LogP contribution is 2.20. The highest BCUT2D eigenvalue weighted by molar-refractivity contribution is 5.53. The number of piperazine rings is 1. The molecule has 0 spiro atoms. The van der Waals surface area contributed by atoms with Crippen molar-refractivity contribution >= 4 is 5.52 Å². The van der Waals surface area contributed by atoms with E-state index in [0.717, 1.165) is 25.5 Å². The molecule has 2 aromatic rings. The molecule has 3 rings (SSSR count). The average Bonchev–Trinajstić information content (AvgIpc) is 2.83. The molecule has 1 aliphatic heterocycles. The summed E-state index contributed by atoms with van der Waals surface area (Å²) in [6, 6.07) is 7.66. The summed E-state index contributed by atoms with van der Waals surface area (Å²) in [5, 5.41) is 0. The normalized spacial score (nSPS) is 21.0. The van der Waals surface area contributed by atoms with E-state index in [0.29, 0.717) is 12.1 Å². The molecule has 0 N–H and O–H groups in total. The van der Waals surface area contributed by atoms with Gasteiger partial charge in [-0.3, -0.25) is 9.80 Å². The molecule has 4 heteroatoms. The van der Waals surface area contributed by atoms with Crippen LogP contribution in [-0.2, 0) is 6.54 Å². The number of hydrogen-bond acceptors (Lipinski definition) is 3. The van der Waals surface area contributed by atoms with Crippen LogP contribution in [0.4, 0.5) is 0 Å². The fraction of sp³-hybridized carbons (Fsp3) is 0.611. The van der Waals surface area contributed by atoms with Gasteiger partial charge in [0, 0.05) is 44.5 Å². The minimum atomic E-state index is 0.641. The van der Waals surface area contributed by atoms with Crippen LogP contribution in [0.5, 0.6) is 0 Å². The molecule has 1 atom stereocenters. The SMILES string of the molecule is CC[C@H]1CN(Cc2nc(C)n3ccccc23)CCN1C(C)C. The Hall–Kier alpha value is -1.39. The van der Waals surface area contributed by atoms with Gasteiger partial charge in [-0.05, 0) is 39.3 Å². The first kappa shape index (κ1) is 15.5. The zero-order valence-corrected chi connectivity index (χ0v) is 14.3. The lowest BCUT2D eigenvalue weighted by atomic mass is 10.1. The minimum Gasteiger partial charge on any atom is -0.304 e. The number of aromatic nitrogens is 2. The summed E-state index contributed by atoms with van der Waals surface area (Å²) in [7, 11) is 0. The van der Waals surface area contributed by atoms with Crippen LogP contribution in [0.3, 0.4) is 0 Å². The standard InChI is InChI=1S/C18H28N4/c1-5-16-12-20(10-11-21(16)14(2)3)13-17-18-8-6-7-9-22(18)15(4)19-17/h6-9,14,16H,5,10-13H2,1-4H3/t16-/m0/s1. The van der Waals surface area contributed by atoms with Crippen LogP contribution in [0.2, 0.25) is 0 Å². The Morgan fingerprint density at radius 3 is 2.82 bits per heavy atom. The van der Waals surface area contributed by atoms with E-state index < -0.39 is 0 Å². The number of fused-ring (bicyclic) bond motifs is 1. The fourth-order valence-corrected chi connectivity index (χ4v) is 3.72. The van der Waals surface area contributed by atoms with Crippen molar-refractivity contribution in [3.05, 3.63) is 35.9 Å². The first-order chi connectivity index (χ1) is 10.6. The molecule has 1 aliphatic rings. The van der Waals surface area contributed by atoms with Crippen molar-refractivity contribution in [3.63, 3.8) is 0 Å². The summed E-state index contributed by atoms with van der Waals surface area (Å²) in [6.45, 7) is 13.4. The molecule has 0 radical (unpaired) electrons. The average molecular weight is 300 g/mol. The lowest BCUT2D eigenvalue weighted by molar-refractivity contribution is 0.0453. The van der Waals surface area contributed by atoms with E-state index in [2.05, 4.69) is 66.3 Å². The van der Waals surface area contributed by atoms with Gasteiger partial charge in [-0.1, -0.05) is 13.0 Å². The Kier molecular flexibility index (Phi) is 4.50. The number of hydrogen-bond donors (Lipinski definition) is 0. The van der Waals surface area contributed by atoms with Gasteiger partial charge in [0.25, 0.3) is 0 Å². The van der Waals surface area contributed by atoms with Crippen molar-refractivity contribution in [2.24, 2.45) is 0 Å². The summed E-state index contributed by atoms with van der Waals surface area (Å²) in [5.74, 6) is 1.08. The van der Waals surface area contributed by atoms with Crippen LogP contribution in [0.15, 0.2) is 24.4 Å². The van der Waals surface area contributed by atoms with Crippen LogP contribution in [0.25, 0.3) is 5.52 Å². The molecule has 0 unspecified atom stereocenters. The smallest absolute Gasteiger partial charge is 0.110 e. The molecule has 0 aliphatic carbocycles. The van der Waals surface area contributed by atoms with Gasteiger partial charge in [-0.15, -0.1) is 0 Å². The molecule has 0 aromatic carbocycles. The number of pyridine rings is 1. The molecule has 1 fully saturated rings. The molecular formula is C18H28N4. The van der Waals surface area contributed by atoms with E-state index in [-0.39, 0.29) is 0 Å². The van der Waals surface area contributed by atoms with Crippen molar-refractivity contribution in [3.8, 4) is 0 Å². The minimum absolute atomic E-state index is 0.641. The number of imidazole rings is 1. The molecule has 0 amide bonds. The lowest BCUT2D eigenvalue weighted by Crippen LogP contribution is -2.54. The molecule has 4 nitrogen and oxygen atoms in total. The maximum absolute atomic E-state index is 4.80. The van der Waals surface area contributed by atoms with Gasteiger partial charge in [-0.25, -0.2) is 4.98 Å². The number of rotatable bonds is 4. The maximum Gasteiger partial charge on any atom is 0.110 e. The predicted octanol–water partition coefficient (Wildman–Crippen LogP) is 2.95. The van der Waals surface area contributed by atoms with Gasteiger partial charge >= 0.3 is 0 Å². The molecule has 3 heterocycles.